The van der Waals surface area contributed by atoms with E-state index in [1.165, 1.54) is 22.7 Å². The molecule has 1 N–H and O–H groups in total. The number of nitrogens with zero attached hydrogens (tertiary/aromatic N) is 1. The lowest BCUT2D eigenvalue weighted by atomic mass is 10.2. The Kier molecular flexibility index (Phi) is 5.12. The summed E-state index contributed by atoms with van der Waals surface area (Å²) in [5.41, 5.74) is 0. The third-order valence-electron chi connectivity index (χ3n) is 2.43. The van der Waals surface area contributed by atoms with E-state index >= 15 is 0 Å². The van der Waals surface area contributed by atoms with Crippen molar-refractivity contribution in [3.63, 3.8) is 0 Å². The first-order valence-electron chi connectivity index (χ1n) is 5.41. The van der Waals surface area contributed by atoms with E-state index in [0.717, 1.165) is 13.0 Å². The molecule has 0 bridgehead atoms. The van der Waals surface area contributed by atoms with Crippen molar-refractivity contribution in [1.29, 1.82) is 0 Å². The minimum Gasteiger partial charge on any atom is -0.314 e. The molecule has 14 heavy (non-hydrogen) atoms. The first kappa shape index (κ1) is 11.7. The second kappa shape index (κ2) is 6.14. The van der Waals surface area contributed by atoms with Crippen LogP contribution < -0.4 is 5.32 Å². The Bertz CT molecular complexity index is 254. The lowest BCUT2D eigenvalue weighted by molar-refractivity contribution is 0.488. The molecule has 0 aliphatic carbocycles. The standard InChI is InChI=1S/C11H20N2S/c1-4-10(5-2)12-7-6-11-13-8-9(3)14-11/h8,10,12H,4-7H2,1-3H3. The molecule has 0 fully saturated rings. The first-order chi connectivity index (χ1) is 6.76. The highest BCUT2D eigenvalue weighted by Gasteiger charge is 2.02. The minimum atomic E-state index is 0.677. The summed E-state index contributed by atoms with van der Waals surface area (Å²) in [6, 6.07) is 0.677. The molecule has 80 valence electrons. The molecular formula is C11H20N2S. The summed E-state index contributed by atoms with van der Waals surface area (Å²) in [5, 5.41) is 4.79. The van der Waals surface area contributed by atoms with Crippen molar-refractivity contribution in [2.75, 3.05) is 6.54 Å². The Labute approximate surface area is 90.8 Å². The molecule has 0 radical (unpaired) electrons. The summed E-state index contributed by atoms with van der Waals surface area (Å²) in [7, 11) is 0. The fourth-order valence-corrected chi connectivity index (χ4v) is 2.26. The van der Waals surface area contributed by atoms with Crippen LogP contribution in [-0.4, -0.2) is 17.6 Å². The molecule has 0 aliphatic heterocycles. The van der Waals surface area contributed by atoms with Crippen molar-refractivity contribution in [3.05, 3.63) is 16.1 Å². The van der Waals surface area contributed by atoms with E-state index in [4.69, 9.17) is 0 Å². The van der Waals surface area contributed by atoms with E-state index in [1.54, 1.807) is 11.3 Å². The van der Waals surface area contributed by atoms with Crippen molar-refractivity contribution in [2.45, 2.75) is 46.1 Å². The van der Waals surface area contributed by atoms with Gasteiger partial charge in [0.2, 0.25) is 0 Å². The van der Waals surface area contributed by atoms with E-state index in [-0.39, 0.29) is 0 Å². The van der Waals surface area contributed by atoms with Crippen LogP contribution in [-0.2, 0) is 6.42 Å². The van der Waals surface area contributed by atoms with Gasteiger partial charge in [-0.25, -0.2) is 4.98 Å². The zero-order chi connectivity index (χ0) is 10.4. The van der Waals surface area contributed by atoms with Crippen molar-refractivity contribution in [2.24, 2.45) is 0 Å². The predicted octanol–water partition coefficient (Wildman–Crippen LogP) is 2.77. The largest absolute Gasteiger partial charge is 0.314 e. The highest BCUT2D eigenvalue weighted by molar-refractivity contribution is 7.11. The van der Waals surface area contributed by atoms with Crippen LogP contribution in [0.25, 0.3) is 0 Å². The summed E-state index contributed by atoms with van der Waals surface area (Å²) in [6.45, 7) is 7.62. The van der Waals surface area contributed by atoms with Gasteiger partial charge < -0.3 is 5.32 Å². The summed E-state index contributed by atoms with van der Waals surface area (Å²) in [4.78, 5) is 5.65. The molecule has 0 atom stereocenters. The molecule has 0 saturated carbocycles. The first-order valence-corrected chi connectivity index (χ1v) is 6.22. The Morgan fingerprint density at radius 1 is 1.43 bits per heavy atom. The summed E-state index contributed by atoms with van der Waals surface area (Å²) >= 11 is 1.80. The maximum Gasteiger partial charge on any atom is 0.0940 e. The van der Waals surface area contributed by atoms with Crippen LogP contribution in [0.2, 0.25) is 0 Å². The molecule has 0 unspecified atom stereocenters. The molecule has 0 aliphatic rings. The molecule has 1 aromatic heterocycles. The molecule has 0 spiro atoms. The van der Waals surface area contributed by atoms with Crippen molar-refractivity contribution in [1.82, 2.24) is 10.3 Å². The van der Waals surface area contributed by atoms with Crippen LogP contribution in [0.4, 0.5) is 0 Å². The van der Waals surface area contributed by atoms with Crippen LogP contribution in [0.15, 0.2) is 6.20 Å². The summed E-state index contributed by atoms with van der Waals surface area (Å²) in [5.74, 6) is 0. The molecule has 1 aromatic rings. The minimum absolute atomic E-state index is 0.677. The highest BCUT2D eigenvalue weighted by atomic mass is 32.1. The number of aromatic nitrogens is 1. The SMILES string of the molecule is CCC(CC)NCCc1ncc(C)s1. The second-order valence-corrected chi connectivity index (χ2v) is 4.90. The molecule has 3 heteroatoms. The Balaban J connectivity index is 2.21. The summed E-state index contributed by atoms with van der Waals surface area (Å²) in [6.07, 6.45) is 5.45. The monoisotopic (exact) mass is 212 g/mol. The molecule has 1 heterocycles. The smallest absolute Gasteiger partial charge is 0.0940 e. The number of hydrogen-bond acceptors (Lipinski definition) is 3. The van der Waals surface area contributed by atoms with Crippen LogP contribution in [0.5, 0.6) is 0 Å². The zero-order valence-electron chi connectivity index (χ0n) is 9.34. The van der Waals surface area contributed by atoms with Gasteiger partial charge in [0.05, 0.1) is 5.01 Å². The average Bonchev–Trinajstić information content (AvgIpc) is 2.59. The number of nitrogens with one attached hydrogen (secondary N) is 1. The predicted molar refractivity (Wildman–Crippen MR) is 62.9 cm³/mol. The van der Waals surface area contributed by atoms with Gasteiger partial charge >= 0.3 is 0 Å². The Hall–Kier alpha value is -0.410. The second-order valence-electron chi connectivity index (χ2n) is 3.58. The van der Waals surface area contributed by atoms with Crippen LogP contribution in [0, 0.1) is 6.92 Å². The zero-order valence-corrected chi connectivity index (χ0v) is 10.2. The van der Waals surface area contributed by atoms with E-state index in [0.29, 0.717) is 6.04 Å². The van der Waals surface area contributed by atoms with E-state index in [1.807, 2.05) is 6.20 Å². The van der Waals surface area contributed by atoms with Gasteiger partial charge in [-0.3, -0.25) is 0 Å². The van der Waals surface area contributed by atoms with Gasteiger partial charge in [-0.15, -0.1) is 11.3 Å². The fraction of sp³-hybridized carbons (Fsp3) is 0.727. The highest BCUT2D eigenvalue weighted by Crippen LogP contribution is 2.11. The number of thiazole rings is 1. The number of aryl methyl sites for hydroxylation is 1. The van der Waals surface area contributed by atoms with Crippen LogP contribution >= 0.6 is 11.3 Å². The van der Waals surface area contributed by atoms with Gasteiger partial charge in [0, 0.05) is 30.1 Å². The molecule has 2 nitrogen and oxygen atoms in total. The number of rotatable bonds is 6. The summed E-state index contributed by atoms with van der Waals surface area (Å²) < 4.78 is 0. The topological polar surface area (TPSA) is 24.9 Å². The van der Waals surface area contributed by atoms with E-state index in [9.17, 15) is 0 Å². The van der Waals surface area contributed by atoms with E-state index in [2.05, 4.69) is 31.1 Å². The van der Waals surface area contributed by atoms with Crippen molar-refractivity contribution >= 4 is 11.3 Å². The van der Waals surface area contributed by atoms with Crippen molar-refractivity contribution < 1.29 is 0 Å². The van der Waals surface area contributed by atoms with Crippen molar-refractivity contribution in [3.8, 4) is 0 Å². The molecule has 1 rings (SSSR count). The van der Waals surface area contributed by atoms with Gasteiger partial charge in [-0.05, 0) is 19.8 Å². The third kappa shape index (κ3) is 3.76. The quantitative estimate of drug-likeness (QED) is 0.784. The number of hydrogen-bond donors (Lipinski definition) is 1. The lowest BCUT2D eigenvalue weighted by Crippen LogP contribution is -2.29. The molecular weight excluding hydrogens is 192 g/mol. The normalized spacial score (nSPS) is 11.1. The van der Waals surface area contributed by atoms with Gasteiger partial charge in [-0.2, -0.15) is 0 Å². The van der Waals surface area contributed by atoms with E-state index < -0.39 is 0 Å². The molecule has 0 amide bonds. The van der Waals surface area contributed by atoms with Crippen LogP contribution in [0.3, 0.4) is 0 Å². The Morgan fingerprint density at radius 3 is 2.64 bits per heavy atom. The molecule has 0 saturated heterocycles. The maximum absolute atomic E-state index is 4.34. The van der Waals surface area contributed by atoms with Crippen LogP contribution in [0.1, 0.15) is 36.6 Å². The third-order valence-corrected chi connectivity index (χ3v) is 3.40. The molecule has 0 aromatic carbocycles. The average molecular weight is 212 g/mol. The fourth-order valence-electron chi connectivity index (χ4n) is 1.48. The van der Waals surface area contributed by atoms with Gasteiger partial charge in [0.25, 0.3) is 0 Å². The maximum atomic E-state index is 4.34. The Morgan fingerprint density at radius 2 is 2.14 bits per heavy atom. The van der Waals surface area contributed by atoms with Gasteiger partial charge in [0.1, 0.15) is 0 Å². The van der Waals surface area contributed by atoms with Gasteiger partial charge in [0.15, 0.2) is 0 Å². The lowest BCUT2D eigenvalue weighted by Gasteiger charge is -2.13. The van der Waals surface area contributed by atoms with Gasteiger partial charge in [-0.1, -0.05) is 13.8 Å².